The first-order valence-electron chi connectivity index (χ1n) is 13.1. The largest absolute Gasteiger partial charge is 0.495 e. The predicted octanol–water partition coefficient (Wildman–Crippen LogP) is 5.42. The van der Waals surface area contributed by atoms with E-state index in [4.69, 9.17) is 14.5 Å². The van der Waals surface area contributed by atoms with Crippen LogP contribution in [0.3, 0.4) is 0 Å². The zero-order valence-electron chi connectivity index (χ0n) is 22.5. The maximum Gasteiger partial charge on any atom is 0.267 e. The Kier molecular flexibility index (Phi) is 8.41. The van der Waals surface area contributed by atoms with Gasteiger partial charge in [-0.2, -0.15) is 0 Å². The summed E-state index contributed by atoms with van der Waals surface area (Å²) in [5, 5.41) is 6.68. The zero-order chi connectivity index (χ0) is 28.2. The lowest BCUT2D eigenvalue weighted by Crippen LogP contribution is -2.23. The quantitative estimate of drug-likeness (QED) is 0.201. The number of amides is 2. The molecule has 2 N–H and O–H groups in total. The van der Waals surface area contributed by atoms with Crippen LogP contribution in [0.1, 0.15) is 37.1 Å². The van der Waals surface area contributed by atoms with E-state index in [-0.39, 0.29) is 23.1 Å². The number of anilines is 2. The summed E-state index contributed by atoms with van der Waals surface area (Å²) in [6, 6.07) is 12.3. The van der Waals surface area contributed by atoms with Crippen molar-refractivity contribution in [2.45, 2.75) is 44.7 Å². The summed E-state index contributed by atoms with van der Waals surface area (Å²) < 4.78 is 12.5. The van der Waals surface area contributed by atoms with Crippen LogP contribution < -0.4 is 25.7 Å². The average Bonchev–Trinajstić information content (AvgIpc) is 3.31. The first kappa shape index (κ1) is 27.7. The second kappa shape index (κ2) is 12.1. The third-order valence-electron chi connectivity index (χ3n) is 6.49. The molecule has 1 aliphatic rings. The SMILES string of the molecule is CCOc1ccc(-n2c(SCC(=O)Nc3cc(NC(C)=O)ccc3OC)nc3sc4c(c3c2=O)CCCC4)cc1. The topological polar surface area (TPSA) is 112 Å². The minimum Gasteiger partial charge on any atom is -0.495 e. The first-order valence-corrected chi connectivity index (χ1v) is 14.9. The molecule has 2 aromatic carbocycles. The molecule has 5 rings (SSSR count). The van der Waals surface area contributed by atoms with E-state index in [0.29, 0.717) is 50.5 Å². The van der Waals surface area contributed by atoms with Gasteiger partial charge < -0.3 is 20.1 Å². The van der Waals surface area contributed by atoms with Crippen LogP contribution in [0, 0.1) is 0 Å². The summed E-state index contributed by atoms with van der Waals surface area (Å²) in [5.41, 5.74) is 2.61. The number of hydrogen-bond acceptors (Lipinski definition) is 8. The molecule has 0 saturated heterocycles. The summed E-state index contributed by atoms with van der Waals surface area (Å²) in [5.74, 6) is 0.657. The second-order valence-corrected chi connectivity index (χ2v) is 11.3. The van der Waals surface area contributed by atoms with Gasteiger partial charge in [0.05, 0.1) is 36.2 Å². The Morgan fingerprint density at radius 3 is 2.60 bits per heavy atom. The van der Waals surface area contributed by atoms with E-state index >= 15 is 0 Å². The van der Waals surface area contributed by atoms with Gasteiger partial charge in [0.15, 0.2) is 5.16 Å². The number of nitrogens with zero attached hydrogens (tertiary/aromatic N) is 2. The zero-order valence-corrected chi connectivity index (χ0v) is 24.2. The number of hydrogen-bond donors (Lipinski definition) is 2. The molecule has 2 aromatic heterocycles. The standard InChI is InChI=1S/C29H30N4O5S2/c1-4-38-20-12-10-19(11-13-20)33-28(36)26-21-7-5-6-8-24(21)40-27(26)32-29(33)39-16-25(35)31-22-15-18(30-17(2)34)9-14-23(22)37-3/h9-15H,4-8,16H2,1-3H3,(H,30,34)(H,31,35). The summed E-state index contributed by atoms with van der Waals surface area (Å²) in [7, 11) is 1.51. The number of ether oxygens (including phenoxy) is 2. The van der Waals surface area contributed by atoms with Gasteiger partial charge in [0.1, 0.15) is 16.3 Å². The first-order chi connectivity index (χ1) is 19.4. The van der Waals surface area contributed by atoms with E-state index in [1.807, 2.05) is 31.2 Å². The van der Waals surface area contributed by atoms with Crippen molar-refractivity contribution in [1.29, 1.82) is 0 Å². The molecule has 11 heteroatoms. The average molecular weight is 579 g/mol. The molecule has 0 aliphatic heterocycles. The normalized spacial score (nSPS) is 12.6. The fourth-order valence-electron chi connectivity index (χ4n) is 4.77. The molecule has 2 heterocycles. The Balaban J connectivity index is 1.47. The van der Waals surface area contributed by atoms with Crippen molar-refractivity contribution in [3.8, 4) is 17.2 Å². The number of fused-ring (bicyclic) bond motifs is 3. The molecule has 40 heavy (non-hydrogen) atoms. The molecule has 0 bridgehead atoms. The minimum absolute atomic E-state index is 0.00752. The summed E-state index contributed by atoms with van der Waals surface area (Å²) in [6.45, 7) is 3.88. The van der Waals surface area contributed by atoms with Gasteiger partial charge in [-0.05, 0) is 80.6 Å². The van der Waals surface area contributed by atoms with Crippen LogP contribution in [0.25, 0.3) is 15.9 Å². The van der Waals surface area contributed by atoms with Crippen LogP contribution in [0.15, 0.2) is 52.4 Å². The molecule has 208 valence electrons. The van der Waals surface area contributed by atoms with E-state index in [0.717, 1.165) is 31.2 Å². The van der Waals surface area contributed by atoms with Crippen molar-refractivity contribution in [2.75, 3.05) is 30.1 Å². The molecular weight excluding hydrogens is 548 g/mol. The number of rotatable bonds is 9. The third kappa shape index (κ3) is 5.85. The molecule has 1 aliphatic carbocycles. The molecule has 2 amide bonds. The molecule has 0 atom stereocenters. The number of thiophene rings is 1. The van der Waals surface area contributed by atoms with Crippen LogP contribution in [0.5, 0.6) is 11.5 Å². The Morgan fingerprint density at radius 2 is 1.88 bits per heavy atom. The molecule has 0 saturated carbocycles. The van der Waals surface area contributed by atoms with Crippen LogP contribution in [0.2, 0.25) is 0 Å². The van der Waals surface area contributed by atoms with Gasteiger partial charge in [0, 0.05) is 17.5 Å². The van der Waals surface area contributed by atoms with Gasteiger partial charge in [-0.3, -0.25) is 19.0 Å². The molecular formula is C29H30N4O5S2. The summed E-state index contributed by atoms with van der Waals surface area (Å²) >= 11 is 2.77. The monoisotopic (exact) mass is 578 g/mol. The van der Waals surface area contributed by atoms with E-state index in [1.165, 1.54) is 30.7 Å². The Labute approximate surface area is 239 Å². The number of benzene rings is 2. The van der Waals surface area contributed by atoms with Gasteiger partial charge in [0.25, 0.3) is 5.56 Å². The van der Waals surface area contributed by atoms with Crippen LogP contribution in [-0.2, 0) is 22.4 Å². The van der Waals surface area contributed by atoms with Crippen molar-refractivity contribution in [3.05, 3.63) is 63.3 Å². The van der Waals surface area contributed by atoms with Gasteiger partial charge >= 0.3 is 0 Å². The molecule has 0 unspecified atom stereocenters. The number of thioether (sulfide) groups is 1. The maximum absolute atomic E-state index is 14.0. The minimum atomic E-state index is -0.304. The number of carbonyl (C=O) groups is 2. The van der Waals surface area contributed by atoms with Gasteiger partial charge in [0.2, 0.25) is 11.8 Å². The molecule has 0 radical (unpaired) electrons. The van der Waals surface area contributed by atoms with Gasteiger partial charge in [-0.25, -0.2) is 4.98 Å². The van der Waals surface area contributed by atoms with Gasteiger partial charge in [-0.15, -0.1) is 11.3 Å². The second-order valence-electron chi connectivity index (χ2n) is 9.29. The highest BCUT2D eigenvalue weighted by Crippen LogP contribution is 2.35. The van der Waals surface area contributed by atoms with Gasteiger partial charge in [-0.1, -0.05) is 11.8 Å². The maximum atomic E-state index is 14.0. The Bertz CT molecular complexity index is 1630. The highest BCUT2D eigenvalue weighted by Gasteiger charge is 2.23. The van der Waals surface area contributed by atoms with Crippen molar-refractivity contribution in [2.24, 2.45) is 0 Å². The van der Waals surface area contributed by atoms with Crippen molar-refractivity contribution < 1.29 is 19.1 Å². The number of carbonyl (C=O) groups excluding carboxylic acids is 2. The van der Waals surface area contributed by atoms with E-state index in [2.05, 4.69) is 10.6 Å². The third-order valence-corrected chi connectivity index (χ3v) is 8.61. The molecule has 4 aromatic rings. The van der Waals surface area contributed by atoms with E-state index < -0.39 is 0 Å². The van der Waals surface area contributed by atoms with Crippen molar-refractivity contribution in [3.63, 3.8) is 0 Å². The predicted molar refractivity (Wildman–Crippen MR) is 160 cm³/mol. The molecule has 9 nitrogen and oxygen atoms in total. The number of aryl methyl sites for hydroxylation is 2. The highest BCUT2D eigenvalue weighted by atomic mass is 32.2. The van der Waals surface area contributed by atoms with Crippen molar-refractivity contribution in [1.82, 2.24) is 9.55 Å². The van der Waals surface area contributed by atoms with Crippen LogP contribution >= 0.6 is 23.1 Å². The van der Waals surface area contributed by atoms with Crippen LogP contribution in [-0.4, -0.2) is 40.8 Å². The highest BCUT2D eigenvalue weighted by molar-refractivity contribution is 7.99. The van der Waals surface area contributed by atoms with E-state index in [1.54, 1.807) is 34.1 Å². The fourth-order valence-corrected chi connectivity index (χ4v) is 6.89. The Hall–Kier alpha value is -3.83. The summed E-state index contributed by atoms with van der Waals surface area (Å²) in [6.07, 6.45) is 4.01. The van der Waals surface area contributed by atoms with E-state index in [9.17, 15) is 14.4 Å². The lowest BCUT2D eigenvalue weighted by molar-refractivity contribution is -0.114. The van der Waals surface area contributed by atoms with Crippen molar-refractivity contribution >= 4 is 56.5 Å². The Morgan fingerprint density at radius 1 is 1.10 bits per heavy atom. The fraction of sp³-hybridized carbons (Fsp3) is 0.310. The number of nitrogens with one attached hydrogen (secondary N) is 2. The lowest BCUT2D eigenvalue weighted by atomic mass is 9.97. The van der Waals surface area contributed by atoms with Crippen LogP contribution in [0.4, 0.5) is 11.4 Å². The molecule has 0 fully saturated rings. The molecule has 0 spiro atoms. The summed E-state index contributed by atoms with van der Waals surface area (Å²) in [4.78, 5) is 45.3. The number of aromatic nitrogens is 2. The smallest absolute Gasteiger partial charge is 0.267 e. The lowest BCUT2D eigenvalue weighted by Gasteiger charge is -2.15. The number of methoxy groups -OCH3 is 1.